The first kappa shape index (κ1) is 23.9. The van der Waals surface area contributed by atoms with Crippen LogP contribution in [0.1, 0.15) is 23.7 Å². The normalized spacial score (nSPS) is 11.7. The molecule has 33 heavy (non-hydrogen) atoms. The molecule has 0 saturated carbocycles. The number of nitrogens with two attached hydrogens (primary N) is 1. The molecule has 7 nitrogen and oxygen atoms in total. The predicted octanol–water partition coefficient (Wildman–Crippen LogP) is 5.92. The number of aromatic hydroxyl groups is 1. The molecule has 0 radical (unpaired) electrons. The van der Waals surface area contributed by atoms with Gasteiger partial charge in [0.2, 0.25) is 5.91 Å². The van der Waals surface area contributed by atoms with Crippen LogP contribution in [0.3, 0.4) is 0 Å². The predicted molar refractivity (Wildman–Crippen MR) is 133 cm³/mol. The lowest BCUT2D eigenvalue weighted by Gasteiger charge is -2.19. The molecule has 170 valence electrons. The molecule has 0 heterocycles. The molecule has 0 spiro atoms. The average Bonchev–Trinajstić information content (AvgIpc) is 2.78. The maximum atomic E-state index is 12.5. The van der Waals surface area contributed by atoms with Gasteiger partial charge in [-0.3, -0.25) is 10.1 Å². The number of carbonyl (C=O) groups is 2. The number of carbonyl (C=O) groups excluding carboxylic acids is 2. The minimum absolute atomic E-state index is 0.0266. The third-order valence-electron chi connectivity index (χ3n) is 4.72. The lowest BCUT2D eigenvalue weighted by molar-refractivity contribution is -0.111. The standard InChI is InChI=1S/C25H24BrN3O4/c1-16-9-12-18(13-10-16)28-25(32)33-23(19-15-17(26)11-14-22(19)30)7-4-8-24(31)29-21-6-3-2-5-20(21)27/h2-6,8-15,23,30H,7,27H2,1H3,(H,28,32)(H,29,31)/b8-4+/t23-/m1/s1. The molecule has 0 bridgehead atoms. The molecular formula is C25H24BrN3O4. The number of phenols is 1. The summed E-state index contributed by atoms with van der Waals surface area (Å²) < 4.78 is 6.30. The van der Waals surface area contributed by atoms with Gasteiger partial charge in [0.1, 0.15) is 11.9 Å². The van der Waals surface area contributed by atoms with E-state index < -0.39 is 12.2 Å². The van der Waals surface area contributed by atoms with E-state index >= 15 is 0 Å². The van der Waals surface area contributed by atoms with Crippen LogP contribution < -0.4 is 16.4 Å². The third-order valence-corrected chi connectivity index (χ3v) is 5.22. The van der Waals surface area contributed by atoms with Gasteiger partial charge in [0.25, 0.3) is 0 Å². The van der Waals surface area contributed by atoms with E-state index in [0.717, 1.165) is 5.56 Å². The summed E-state index contributed by atoms with van der Waals surface area (Å²) in [5.41, 5.74) is 8.84. The van der Waals surface area contributed by atoms with Crippen LogP contribution in [0.25, 0.3) is 0 Å². The number of phenolic OH excluding ortho intramolecular Hbond substituents is 1. The lowest BCUT2D eigenvalue weighted by atomic mass is 10.0. The summed E-state index contributed by atoms with van der Waals surface area (Å²) in [6.45, 7) is 1.95. The Balaban J connectivity index is 1.71. The SMILES string of the molecule is Cc1ccc(NC(=O)O[C@H](C/C=C/C(=O)Nc2ccccc2N)c2cc(Br)ccc2O)cc1. The van der Waals surface area contributed by atoms with Crippen LogP contribution in [0.2, 0.25) is 0 Å². The molecular weight excluding hydrogens is 486 g/mol. The van der Waals surface area contributed by atoms with Crippen LogP contribution in [0.5, 0.6) is 5.75 Å². The molecule has 3 rings (SSSR count). The zero-order valence-corrected chi connectivity index (χ0v) is 19.5. The molecule has 0 aliphatic carbocycles. The number of halogens is 1. The van der Waals surface area contributed by atoms with E-state index in [0.29, 0.717) is 27.1 Å². The topological polar surface area (TPSA) is 114 Å². The number of rotatable bonds is 7. The minimum atomic E-state index is -0.834. The summed E-state index contributed by atoms with van der Waals surface area (Å²) in [6, 6.07) is 19.0. The van der Waals surface area contributed by atoms with Crippen molar-refractivity contribution in [2.24, 2.45) is 0 Å². The number of nitrogen functional groups attached to an aromatic ring is 1. The molecule has 2 amide bonds. The summed E-state index contributed by atoms with van der Waals surface area (Å²) in [5.74, 6) is -0.407. The van der Waals surface area contributed by atoms with Crippen molar-refractivity contribution in [1.29, 1.82) is 0 Å². The van der Waals surface area contributed by atoms with E-state index in [1.165, 1.54) is 12.1 Å². The van der Waals surface area contributed by atoms with Crippen LogP contribution in [-0.4, -0.2) is 17.1 Å². The van der Waals surface area contributed by atoms with Crippen molar-refractivity contribution in [2.75, 3.05) is 16.4 Å². The Morgan fingerprint density at radius 1 is 1.09 bits per heavy atom. The third kappa shape index (κ3) is 7.11. The van der Waals surface area contributed by atoms with Gasteiger partial charge in [-0.05, 0) is 55.5 Å². The molecule has 0 aromatic heterocycles. The highest BCUT2D eigenvalue weighted by molar-refractivity contribution is 9.10. The number of ether oxygens (including phenoxy) is 1. The Morgan fingerprint density at radius 3 is 2.55 bits per heavy atom. The number of aryl methyl sites for hydroxylation is 1. The molecule has 3 aromatic rings. The summed E-state index contributed by atoms with van der Waals surface area (Å²) in [4.78, 5) is 24.8. The second-order valence-corrected chi connectivity index (χ2v) is 8.22. The second kappa shape index (κ2) is 11.2. The van der Waals surface area contributed by atoms with Crippen LogP contribution in [0, 0.1) is 6.92 Å². The highest BCUT2D eigenvalue weighted by atomic mass is 79.9. The van der Waals surface area contributed by atoms with E-state index in [1.807, 2.05) is 19.1 Å². The van der Waals surface area contributed by atoms with Gasteiger partial charge in [-0.1, -0.05) is 51.8 Å². The molecule has 5 N–H and O–H groups in total. The number of hydrogen-bond acceptors (Lipinski definition) is 5. The lowest BCUT2D eigenvalue weighted by Crippen LogP contribution is -2.17. The van der Waals surface area contributed by atoms with Gasteiger partial charge in [0, 0.05) is 22.1 Å². The fourth-order valence-electron chi connectivity index (χ4n) is 3.02. The maximum absolute atomic E-state index is 12.5. The van der Waals surface area contributed by atoms with Crippen molar-refractivity contribution in [3.8, 4) is 5.75 Å². The summed E-state index contributed by atoms with van der Waals surface area (Å²) >= 11 is 3.37. The number of amides is 2. The highest BCUT2D eigenvalue weighted by Crippen LogP contribution is 2.32. The van der Waals surface area contributed by atoms with E-state index in [1.54, 1.807) is 54.6 Å². The fraction of sp³-hybridized carbons (Fsp3) is 0.120. The first-order chi connectivity index (χ1) is 15.8. The maximum Gasteiger partial charge on any atom is 0.412 e. The Morgan fingerprint density at radius 2 is 1.82 bits per heavy atom. The quantitative estimate of drug-likeness (QED) is 0.233. The molecule has 8 heteroatoms. The van der Waals surface area contributed by atoms with Crippen LogP contribution in [-0.2, 0) is 9.53 Å². The van der Waals surface area contributed by atoms with Gasteiger partial charge in [-0.15, -0.1) is 0 Å². The average molecular weight is 510 g/mol. The van der Waals surface area contributed by atoms with Crippen molar-refractivity contribution >= 4 is 45.0 Å². The van der Waals surface area contributed by atoms with Crippen LogP contribution in [0.4, 0.5) is 21.9 Å². The fourth-order valence-corrected chi connectivity index (χ4v) is 3.40. The molecule has 0 aliphatic heterocycles. The van der Waals surface area contributed by atoms with Gasteiger partial charge in [0.15, 0.2) is 0 Å². The van der Waals surface area contributed by atoms with Gasteiger partial charge in [-0.2, -0.15) is 0 Å². The van der Waals surface area contributed by atoms with Gasteiger partial charge < -0.3 is 20.9 Å². The zero-order valence-electron chi connectivity index (χ0n) is 17.9. The van der Waals surface area contributed by atoms with E-state index in [9.17, 15) is 14.7 Å². The number of anilines is 3. The monoisotopic (exact) mass is 509 g/mol. The Labute approximate surface area is 200 Å². The van der Waals surface area contributed by atoms with Crippen molar-refractivity contribution in [3.63, 3.8) is 0 Å². The molecule has 0 aliphatic rings. The number of hydrogen-bond donors (Lipinski definition) is 4. The number of para-hydroxylation sites is 2. The first-order valence-electron chi connectivity index (χ1n) is 10.2. The molecule has 0 fully saturated rings. The second-order valence-electron chi connectivity index (χ2n) is 7.30. The van der Waals surface area contributed by atoms with E-state index in [2.05, 4.69) is 26.6 Å². The van der Waals surface area contributed by atoms with Crippen molar-refractivity contribution in [2.45, 2.75) is 19.4 Å². The van der Waals surface area contributed by atoms with E-state index in [4.69, 9.17) is 10.5 Å². The molecule has 0 unspecified atom stereocenters. The number of benzene rings is 3. The van der Waals surface area contributed by atoms with Gasteiger partial charge in [-0.25, -0.2) is 4.79 Å². The Kier molecular flexibility index (Phi) is 8.10. The summed E-state index contributed by atoms with van der Waals surface area (Å²) in [5, 5.41) is 15.7. The van der Waals surface area contributed by atoms with Crippen LogP contribution >= 0.6 is 15.9 Å². The Bertz CT molecular complexity index is 1160. The van der Waals surface area contributed by atoms with E-state index in [-0.39, 0.29) is 18.1 Å². The van der Waals surface area contributed by atoms with Crippen molar-refractivity contribution < 1.29 is 19.4 Å². The Hall–Kier alpha value is -3.78. The molecule has 3 aromatic carbocycles. The van der Waals surface area contributed by atoms with Gasteiger partial charge in [0.05, 0.1) is 11.4 Å². The van der Waals surface area contributed by atoms with Crippen LogP contribution in [0.15, 0.2) is 83.4 Å². The van der Waals surface area contributed by atoms with Gasteiger partial charge >= 0.3 is 6.09 Å². The molecule has 0 saturated heterocycles. The van der Waals surface area contributed by atoms with Crippen molar-refractivity contribution in [1.82, 2.24) is 0 Å². The van der Waals surface area contributed by atoms with Crippen molar-refractivity contribution in [3.05, 3.63) is 94.5 Å². The summed E-state index contributed by atoms with van der Waals surface area (Å²) in [7, 11) is 0. The summed E-state index contributed by atoms with van der Waals surface area (Å²) in [6.07, 6.45) is 1.54. The zero-order chi connectivity index (χ0) is 23.8. The smallest absolute Gasteiger partial charge is 0.412 e. The first-order valence-corrected chi connectivity index (χ1v) is 11.0. The molecule has 1 atom stereocenters. The minimum Gasteiger partial charge on any atom is -0.508 e. The largest absolute Gasteiger partial charge is 0.508 e. The highest BCUT2D eigenvalue weighted by Gasteiger charge is 2.20. The number of nitrogens with one attached hydrogen (secondary N) is 2.